The summed E-state index contributed by atoms with van der Waals surface area (Å²) >= 11 is 0. The van der Waals surface area contributed by atoms with Crippen molar-refractivity contribution < 1.29 is 18.4 Å². The van der Waals surface area contributed by atoms with Crippen LogP contribution in [-0.2, 0) is 16.0 Å². The lowest BCUT2D eigenvalue weighted by Gasteiger charge is -2.35. The Labute approximate surface area is 244 Å². The van der Waals surface area contributed by atoms with E-state index in [2.05, 4.69) is 26.8 Å². The van der Waals surface area contributed by atoms with Gasteiger partial charge in [0.15, 0.2) is 11.5 Å². The molecule has 0 spiro atoms. The third kappa shape index (κ3) is 4.19. The van der Waals surface area contributed by atoms with Crippen molar-refractivity contribution in [3.05, 3.63) is 82.6 Å². The number of pyridine rings is 2. The number of amides is 2. The predicted molar refractivity (Wildman–Crippen MR) is 156 cm³/mol. The van der Waals surface area contributed by atoms with Gasteiger partial charge in [0.2, 0.25) is 11.8 Å². The quantitative estimate of drug-likeness (QED) is 0.366. The number of hydrogen-bond acceptors (Lipinski definition) is 7. The van der Waals surface area contributed by atoms with E-state index in [0.29, 0.717) is 36.5 Å². The Morgan fingerprint density at radius 3 is 2.70 bits per heavy atom. The van der Waals surface area contributed by atoms with Crippen LogP contribution in [0.5, 0.6) is 0 Å². The first-order valence-electron chi connectivity index (χ1n) is 14.1. The Morgan fingerprint density at radius 2 is 1.93 bits per heavy atom. The van der Waals surface area contributed by atoms with E-state index in [4.69, 9.17) is 0 Å². The standard InChI is InChI=1S/C31H27F2N7O3/c1-4-24(42)38-10-11-39(22-14-21(22)38)29-17-13-19(33)27-25-18(32)6-5-7-20(25)35-23(41)12-16-8-9-34-26(15(2)3)28(16)40(30(17)36-27)31(43)37-29/h4-9,13,15,21-22H,1,10-12,14H2,2-3H3,(H,35,41)/t21?,22-/m1/s1. The molecule has 2 bridgehead atoms. The van der Waals surface area contributed by atoms with Crippen LogP contribution in [0, 0.1) is 11.6 Å². The second kappa shape index (κ2) is 9.79. The zero-order chi connectivity index (χ0) is 30.2. The molecule has 1 aliphatic carbocycles. The number of fused-ring (bicyclic) bond motifs is 6. The summed E-state index contributed by atoms with van der Waals surface area (Å²) in [4.78, 5) is 57.0. The molecule has 12 heteroatoms. The highest BCUT2D eigenvalue weighted by Gasteiger charge is 2.51. The van der Waals surface area contributed by atoms with Crippen LogP contribution in [-0.4, -0.2) is 61.4 Å². The van der Waals surface area contributed by atoms with E-state index < -0.39 is 23.2 Å². The number of aromatic nitrogens is 4. The largest absolute Gasteiger partial charge is 0.355 e. The summed E-state index contributed by atoms with van der Waals surface area (Å²) in [5.74, 6) is -2.20. The number of piperazine rings is 1. The monoisotopic (exact) mass is 583 g/mol. The van der Waals surface area contributed by atoms with E-state index in [9.17, 15) is 14.4 Å². The molecule has 10 nitrogen and oxygen atoms in total. The summed E-state index contributed by atoms with van der Waals surface area (Å²) in [6, 6.07) is 6.72. The van der Waals surface area contributed by atoms with Gasteiger partial charge in [-0.3, -0.25) is 14.6 Å². The number of hydrogen-bond donors (Lipinski definition) is 1. The number of halogens is 2. The molecule has 1 N–H and O–H groups in total. The molecule has 2 amide bonds. The zero-order valence-corrected chi connectivity index (χ0v) is 23.5. The Morgan fingerprint density at radius 1 is 1.12 bits per heavy atom. The van der Waals surface area contributed by atoms with Crippen LogP contribution >= 0.6 is 0 Å². The predicted octanol–water partition coefficient (Wildman–Crippen LogP) is 3.71. The Hall–Kier alpha value is -5.00. The van der Waals surface area contributed by atoms with Crippen LogP contribution in [0.15, 0.2) is 54.0 Å². The third-order valence-electron chi connectivity index (χ3n) is 8.32. The number of carbonyl (C=O) groups is 2. The van der Waals surface area contributed by atoms with Gasteiger partial charge in [0.25, 0.3) is 0 Å². The summed E-state index contributed by atoms with van der Waals surface area (Å²) in [6.45, 7) is 8.14. The van der Waals surface area contributed by atoms with E-state index >= 15 is 8.78 Å². The van der Waals surface area contributed by atoms with E-state index in [0.717, 1.165) is 6.07 Å². The molecule has 2 fully saturated rings. The number of nitrogens with one attached hydrogen (secondary N) is 1. The van der Waals surface area contributed by atoms with Gasteiger partial charge in [-0.25, -0.2) is 23.1 Å². The van der Waals surface area contributed by atoms with Crippen molar-refractivity contribution in [3.8, 4) is 16.9 Å². The van der Waals surface area contributed by atoms with Gasteiger partial charge in [-0.1, -0.05) is 26.5 Å². The second-order valence-electron chi connectivity index (χ2n) is 11.3. The van der Waals surface area contributed by atoms with Gasteiger partial charge in [0.05, 0.1) is 46.5 Å². The summed E-state index contributed by atoms with van der Waals surface area (Å²) in [5.41, 5.74) is 0.202. The average molecular weight is 584 g/mol. The number of anilines is 2. The molecule has 7 rings (SSSR count). The number of carbonyl (C=O) groups excluding carboxylic acids is 2. The lowest BCUT2D eigenvalue weighted by Crippen LogP contribution is -2.49. The Kier molecular flexibility index (Phi) is 6.12. The van der Waals surface area contributed by atoms with E-state index in [1.807, 2.05) is 18.7 Å². The lowest BCUT2D eigenvalue weighted by molar-refractivity contribution is -0.127. The van der Waals surface area contributed by atoms with Gasteiger partial charge in [-0.05, 0) is 48.2 Å². The molecule has 1 aromatic carbocycles. The van der Waals surface area contributed by atoms with Crippen molar-refractivity contribution in [3.63, 3.8) is 0 Å². The molecule has 4 aromatic rings. The maximum atomic E-state index is 16.1. The molecule has 1 unspecified atom stereocenters. The minimum absolute atomic E-state index is 0.0596. The van der Waals surface area contributed by atoms with Gasteiger partial charge in [-0.15, -0.1) is 0 Å². The normalized spacial score (nSPS) is 19.0. The molecular weight excluding hydrogens is 556 g/mol. The van der Waals surface area contributed by atoms with Crippen molar-refractivity contribution in [2.45, 2.75) is 44.7 Å². The average Bonchev–Trinajstić information content (AvgIpc) is 3.77. The minimum Gasteiger partial charge on any atom is -0.349 e. The number of benzene rings is 1. The fraction of sp³-hybridized carbons (Fsp3) is 0.290. The highest BCUT2D eigenvalue weighted by atomic mass is 19.1. The Balaban J connectivity index is 1.54. The molecule has 1 saturated heterocycles. The SMILES string of the molecule is C=CC(=O)N1CCN(c2nc(=O)n3c4nc(c(F)cc24)-c2c(F)cccc2NC(=O)Cc2ccnc(C(C)C)c2-3)[C@@H]2CC21. The van der Waals surface area contributed by atoms with Gasteiger partial charge < -0.3 is 15.1 Å². The van der Waals surface area contributed by atoms with Crippen molar-refractivity contribution in [2.75, 3.05) is 23.3 Å². The topological polar surface area (TPSA) is 113 Å². The highest BCUT2D eigenvalue weighted by molar-refractivity contribution is 5.99. The van der Waals surface area contributed by atoms with Crippen molar-refractivity contribution >= 4 is 34.4 Å². The molecule has 0 radical (unpaired) electrons. The molecule has 3 aromatic heterocycles. The van der Waals surface area contributed by atoms with Crippen molar-refractivity contribution in [2.24, 2.45) is 0 Å². The smallest absolute Gasteiger partial charge is 0.349 e. The van der Waals surface area contributed by atoms with E-state index in [1.165, 1.54) is 28.8 Å². The first-order valence-corrected chi connectivity index (χ1v) is 14.1. The van der Waals surface area contributed by atoms with Gasteiger partial charge >= 0.3 is 5.69 Å². The molecule has 5 heterocycles. The zero-order valence-electron chi connectivity index (χ0n) is 23.5. The van der Waals surface area contributed by atoms with Crippen molar-refractivity contribution in [1.82, 2.24) is 24.4 Å². The van der Waals surface area contributed by atoms with Gasteiger partial charge in [0, 0.05) is 19.3 Å². The van der Waals surface area contributed by atoms with Crippen LogP contribution in [0.3, 0.4) is 0 Å². The summed E-state index contributed by atoms with van der Waals surface area (Å²) < 4.78 is 32.7. The second-order valence-corrected chi connectivity index (χ2v) is 11.3. The first kappa shape index (κ1) is 26.9. The van der Waals surface area contributed by atoms with E-state index in [-0.39, 0.29) is 64.1 Å². The molecular formula is C31H27F2N7O3. The summed E-state index contributed by atoms with van der Waals surface area (Å²) in [7, 11) is 0. The maximum Gasteiger partial charge on any atom is 0.355 e. The van der Waals surface area contributed by atoms with Crippen LogP contribution < -0.4 is 15.9 Å². The summed E-state index contributed by atoms with van der Waals surface area (Å²) in [6.07, 6.45) is 3.35. The van der Waals surface area contributed by atoms with Crippen LogP contribution in [0.25, 0.3) is 28.0 Å². The fourth-order valence-corrected chi connectivity index (χ4v) is 6.31. The molecule has 43 heavy (non-hydrogen) atoms. The number of rotatable bonds is 3. The third-order valence-corrected chi connectivity index (χ3v) is 8.32. The first-order chi connectivity index (χ1) is 20.7. The van der Waals surface area contributed by atoms with Crippen LogP contribution in [0.2, 0.25) is 0 Å². The van der Waals surface area contributed by atoms with Gasteiger partial charge in [0.1, 0.15) is 17.3 Å². The van der Waals surface area contributed by atoms with E-state index in [1.54, 1.807) is 17.2 Å². The van der Waals surface area contributed by atoms with Gasteiger partial charge in [-0.2, -0.15) is 4.98 Å². The lowest BCUT2D eigenvalue weighted by atomic mass is 10.0. The molecule has 218 valence electrons. The molecule has 2 aliphatic heterocycles. The summed E-state index contributed by atoms with van der Waals surface area (Å²) in [5, 5.41) is 2.95. The molecule has 1 saturated carbocycles. The molecule has 3 aliphatic rings. The maximum absolute atomic E-state index is 16.1. The Bertz CT molecular complexity index is 1940. The van der Waals surface area contributed by atoms with Crippen LogP contribution in [0.4, 0.5) is 20.3 Å². The fourth-order valence-electron chi connectivity index (χ4n) is 6.31. The van der Waals surface area contributed by atoms with Crippen molar-refractivity contribution in [1.29, 1.82) is 0 Å². The minimum atomic E-state index is -0.844. The molecule has 2 atom stereocenters. The van der Waals surface area contributed by atoms with Crippen LogP contribution in [0.1, 0.15) is 37.4 Å². The highest BCUT2D eigenvalue weighted by Crippen LogP contribution is 2.42. The number of nitrogens with zero attached hydrogens (tertiary/aromatic N) is 6.